The van der Waals surface area contributed by atoms with Gasteiger partial charge in [0.1, 0.15) is 0 Å². The van der Waals surface area contributed by atoms with Gasteiger partial charge in [-0.15, -0.1) is 0 Å². The normalized spacial score (nSPS) is 12.4. The minimum absolute atomic E-state index is 0.138. The fraction of sp³-hybridized carbons (Fsp3) is 0.571. The maximum absolute atomic E-state index is 6.18. The van der Waals surface area contributed by atoms with Crippen LogP contribution < -0.4 is 0 Å². The number of ether oxygens (including phenoxy) is 1. The molecule has 0 aliphatic heterocycles. The molecule has 0 aliphatic rings. The first-order valence-corrected chi connectivity index (χ1v) is 11.7. The van der Waals surface area contributed by atoms with E-state index in [4.69, 9.17) is 27.9 Å². The monoisotopic (exact) mass is 428 g/mol. The third kappa shape index (κ3) is 9.38. The van der Waals surface area contributed by atoms with E-state index < -0.39 is 0 Å². The van der Waals surface area contributed by atoms with Gasteiger partial charge in [-0.05, 0) is 29.9 Å². The summed E-state index contributed by atoms with van der Waals surface area (Å²) in [4.78, 5) is 4.13. The van der Waals surface area contributed by atoms with Crippen LogP contribution in [0.25, 0.3) is 0 Å². The number of aromatic nitrogens is 2. The zero-order valence-corrected chi connectivity index (χ0v) is 18.4. The van der Waals surface area contributed by atoms with Crippen molar-refractivity contribution in [2.75, 3.05) is 11.5 Å². The molecular weight excluding hydrogens is 399 g/mol. The number of thioether (sulfide) groups is 1. The number of unbranched alkanes of at least 4 members (excludes halogenated alkanes) is 5. The molecule has 0 bridgehead atoms. The van der Waals surface area contributed by atoms with E-state index in [0.717, 1.165) is 17.9 Å². The molecule has 1 unspecified atom stereocenters. The van der Waals surface area contributed by atoms with Crippen molar-refractivity contribution in [3.8, 4) is 0 Å². The zero-order valence-electron chi connectivity index (χ0n) is 16.1. The third-order valence-corrected chi connectivity index (χ3v) is 6.31. The summed E-state index contributed by atoms with van der Waals surface area (Å²) in [5.41, 5.74) is 1.04. The minimum Gasteiger partial charge on any atom is -0.371 e. The molecule has 0 saturated carbocycles. The van der Waals surface area contributed by atoms with Gasteiger partial charge in [0.25, 0.3) is 0 Å². The molecule has 1 atom stereocenters. The molecule has 1 aromatic carbocycles. The molecule has 0 N–H and O–H groups in total. The molecule has 0 saturated heterocycles. The van der Waals surface area contributed by atoms with Crippen molar-refractivity contribution in [1.82, 2.24) is 9.55 Å². The van der Waals surface area contributed by atoms with Crippen LogP contribution in [0.5, 0.6) is 0 Å². The molecule has 0 fully saturated rings. The molecule has 1 aromatic heterocycles. The van der Waals surface area contributed by atoms with E-state index >= 15 is 0 Å². The smallest absolute Gasteiger partial charge is 0.0946 e. The van der Waals surface area contributed by atoms with Crippen LogP contribution in [-0.2, 0) is 17.9 Å². The Morgan fingerprint density at radius 3 is 2.67 bits per heavy atom. The summed E-state index contributed by atoms with van der Waals surface area (Å²) in [5.74, 6) is 2.18. The van der Waals surface area contributed by atoms with Crippen molar-refractivity contribution < 1.29 is 4.74 Å². The molecule has 2 rings (SSSR count). The van der Waals surface area contributed by atoms with E-state index in [0.29, 0.717) is 16.7 Å². The first-order chi connectivity index (χ1) is 13.2. The molecule has 3 nitrogen and oxygen atoms in total. The van der Waals surface area contributed by atoms with E-state index in [9.17, 15) is 0 Å². The SMILES string of the molecule is CCCCCCCCSCC(Cn1ccnc1)OCc1ccc(Cl)c(Cl)c1. The molecule has 0 amide bonds. The highest BCUT2D eigenvalue weighted by Gasteiger charge is 2.11. The van der Waals surface area contributed by atoms with Crippen molar-refractivity contribution in [1.29, 1.82) is 0 Å². The first-order valence-electron chi connectivity index (χ1n) is 9.78. The summed E-state index contributed by atoms with van der Waals surface area (Å²) in [7, 11) is 0. The molecule has 0 aliphatic carbocycles. The van der Waals surface area contributed by atoms with Gasteiger partial charge in [-0.3, -0.25) is 0 Å². The van der Waals surface area contributed by atoms with Gasteiger partial charge in [-0.25, -0.2) is 4.98 Å². The van der Waals surface area contributed by atoms with Crippen molar-refractivity contribution >= 4 is 35.0 Å². The predicted octanol–water partition coefficient (Wildman–Crippen LogP) is 6.87. The van der Waals surface area contributed by atoms with Gasteiger partial charge in [0, 0.05) is 18.1 Å². The lowest BCUT2D eigenvalue weighted by Gasteiger charge is -2.18. The van der Waals surface area contributed by atoms with Crippen molar-refractivity contribution in [3.05, 3.63) is 52.5 Å². The largest absolute Gasteiger partial charge is 0.371 e. The Labute approximate surface area is 177 Å². The highest BCUT2D eigenvalue weighted by molar-refractivity contribution is 7.99. The van der Waals surface area contributed by atoms with E-state index in [-0.39, 0.29) is 6.10 Å². The average molecular weight is 429 g/mol. The highest BCUT2D eigenvalue weighted by Crippen LogP contribution is 2.23. The lowest BCUT2D eigenvalue weighted by molar-refractivity contribution is 0.0450. The maximum Gasteiger partial charge on any atom is 0.0946 e. The Kier molecular flexibility index (Phi) is 11.3. The second-order valence-electron chi connectivity index (χ2n) is 6.78. The van der Waals surface area contributed by atoms with E-state index in [1.54, 1.807) is 6.20 Å². The van der Waals surface area contributed by atoms with Crippen LogP contribution in [-0.4, -0.2) is 27.2 Å². The highest BCUT2D eigenvalue weighted by atomic mass is 35.5. The molecule has 150 valence electrons. The number of rotatable bonds is 14. The summed E-state index contributed by atoms with van der Waals surface area (Å²) < 4.78 is 8.26. The van der Waals surface area contributed by atoms with Gasteiger partial charge >= 0.3 is 0 Å². The Morgan fingerprint density at radius 2 is 1.93 bits per heavy atom. The molecule has 0 radical (unpaired) electrons. The number of halogens is 2. The lowest BCUT2D eigenvalue weighted by Crippen LogP contribution is -2.22. The van der Waals surface area contributed by atoms with Gasteiger partial charge in [-0.2, -0.15) is 11.8 Å². The zero-order chi connectivity index (χ0) is 19.3. The quantitative estimate of drug-likeness (QED) is 0.307. The minimum atomic E-state index is 0.138. The number of nitrogens with zero attached hydrogens (tertiary/aromatic N) is 2. The van der Waals surface area contributed by atoms with Crippen LogP contribution in [0.3, 0.4) is 0 Å². The fourth-order valence-electron chi connectivity index (χ4n) is 2.83. The summed E-state index contributed by atoms with van der Waals surface area (Å²) >= 11 is 14.1. The molecule has 6 heteroatoms. The van der Waals surface area contributed by atoms with Crippen LogP contribution in [0.2, 0.25) is 10.0 Å². The summed E-state index contributed by atoms with van der Waals surface area (Å²) in [6.07, 6.45) is 13.8. The van der Waals surface area contributed by atoms with Gasteiger partial charge in [-0.1, -0.05) is 68.3 Å². The molecule has 0 spiro atoms. The van der Waals surface area contributed by atoms with Crippen LogP contribution in [0.1, 0.15) is 51.0 Å². The fourth-order valence-corrected chi connectivity index (χ4v) is 4.19. The van der Waals surface area contributed by atoms with Gasteiger partial charge in [0.2, 0.25) is 0 Å². The van der Waals surface area contributed by atoms with Gasteiger partial charge < -0.3 is 9.30 Å². The second-order valence-corrected chi connectivity index (χ2v) is 8.75. The number of imidazole rings is 1. The number of hydrogen-bond donors (Lipinski definition) is 0. The summed E-state index contributed by atoms with van der Waals surface area (Å²) in [6, 6.07) is 5.66. The Hall–Kier alpha value is -0.680. The van der Waals surface area contributed by atoms with Crippen LogP contribution in [0.4, 0.5) is 0 Å². The van der Waals surface area contributed by atoms with Crippen LogP contribution in [0.15, 0.2) is 36.9 Å². The summed E-state index contributed by atoms with van der Waals surface area (Å²) in [6.45, 7) is 3.60. The van der Waals surface area contributed by atoms with E-state index in [1.165, 1.54) is 44.3 Å². The second kappa shape index (κ2) is 13.5. The molecular formula is C21H30Cl2N2OS. The standard InChI is InChI=1S/C21H30Cl2N2OS/c1-2-3-4-5-6-7-12-27-16-19(14-25-11-10-24-17-25)26-15-18-8-9-20(22)21(23)13-18/h8-11,13,17,19H,2-7,12,14-16H2,1H3. The first kappa shape index (κ1) is 22.6. The Morgan fingerprint density at radius 1 is 1.11 bits per heavy atom. The van der Waals surface area contributed by atoms with Crippen molar-refractivity contribution in [3.63, 3.8) is 0 Å². The van der Waals surface area contributed by atoms with Gasteiger partial charge in [0.15, 0.2) is 0 Å². The van der Waals surface area contributed by atoms with E-state index in [1.807, 2.05) is 42.5 Å². The van der Waals surface area contributed by atoms with Crippen LogP contribution in [0, 0.1) is 0 Å². The topological polar surface area (TPSA) is 27.1 Å². The Balaban J connectivity index is 1.74. The van der Waals surface area contributed by atoms with Crippen molar-refractivity contribution in [2.24, 2.45) is 0 Å². The molecule has 27 heavy (non-hydrogen) atoms. The average Bonchev–Trinajstić information content (AvgIpc) is 3.17. The molecule has 1 heterocycles. The van der Waals surface area contributed by atoms with E-state index in [2.05, 4.69) is 16.5 Å². The predicted molar refractivity (Wildman–Crippen MR) is 118 cm³/mol. The third-order valence-electron chi connectivity index (χ3n) is 4.39. The lowest BCUT2D eigenvalue weighted by atomic mass is 10.1. The molecule has 2 aromatic rings. The summed E-state index contributed by atoms with van der Waals surface area (Å²) in [5, 5.41) is 1.14. The van der Waals surface area contributed by atoms with Crippen LogP contribution >= 0.6 is 35.0 Å². The van der Waals surface area contributed by atoms with Crippen molar-refractivity contribution in [2.45, 2.75) is 64.7 Å². The Bertz CT molecular complexity index is 637. The van der Waals surface area contributed by atoms with Gasteiger partial charge in [0.05, 0.1) is 35.6 Å². The maximum atomic E-state index is 6.18. The number of benzene rings is 1. The number of hydrogen-bond acceptors (Lipinski definition) is 3.